The molecule has 2 aromatic rings. The number of hydrogen-bond donors (Lipinski definition) is 0. The van der Waals surface area contributed by atoms with Crippen molar-refractivity contribution in [3.05, 3.63) is 63.6 Å². The minimum absolute atomic E-state index is 0.0820. The third-order valence-corrected chi connectivity index (χ3v) is 5.05. The van der Waals surface area contributed by atoms with Crippen LogP contribution in [-0.4, -0.2) is 53.9 Å². The molecule has 0 aromatic heterocycles. The zero-order valence-electron chi connectivity index (χ0n) is 16.1. The van der Waals surface area contributed by atoms with Crippen molar-refractivity contribution in [1.29, 1.82) is 0 Å². The summed E-state index contributed by atoms with van der Waals surface area (Å²) in [5.41, 5.74) is 0.548. The zero-order valence-corrected chi connectivity index (χ0v) is 17.7. The third kappa shape index (κ3) is 4.93. The molecular weight excluding hydrogens is 446 g/mol. The molecule has 0 saturated carbocycles. The Morgan fingerprint density at radius 1 is 0.931 bits per heavy atom. The van der Waals surface area contributed by atoms with Crippen LogP contribution < -0.4 is 4.74 Å². The fourth-order valence-corrected chi connectivity index (χ4v) is 3.46. The molecule has 154 valence electrons. The topological polar surface area (TPSA) is 49.9 Å². The van der Waals surface area contributed by atoms with Gasteiger partial charge in [0.15, 0.2) is 11.6 Å². The second-order valence-corrected chi connectivity index (χ2v) is 7.94. The summed E-state index contributed by atoms with van der Waals surface area (Å²) in [5.74, 6) is -2.11. The summed E-state index contributed by atoms with van der Waals surface area (Å²) in [4.78, 5) is 28.7. The van der Waals surface area contributed by atoms with E-state index < -0.39 is 11.6 Å². The van der Waals surface area contributed by atoms with E-state index in [2.05, 4.69) is 15.9 Å². The van der Waals surface area contributed by atoms with Crippen LogP contribution in [0.25, 0.3) is 0 Å². The first-order chi connectivity index (χ1) is 13.8. The predicted octanol–water partition coefficient (Wildman–Crippen LogP) is 4.11. The molecule has 2 aromatic carbocycles. The maximum atomic E-state index is 13.4. The molecule has 1 aliphatic heterocycles. The highest BCUT2D eigenvalue weighted by molar-refractivity contribution is 9.10. The van der Waals surface area contributed by atoms with Crippen LogP contribution in [0.3, 0.4) is 0 Å². The minimum Gasteiger partial charge on any atom is -0.490 e. The van der Waals surface area contributed by atoms with Gasteiger partial charge in [-0.15, -0.1) is 0 Å². The van der Waals surface area contributed by atoms with Crippen LogP contribution in [0.2, 0.25) is 0 Å². The number of carbonyl (C=O) groups excluding carboxylic acids is 2. The number of carbonyl (C=O) groups is 2. The Morgan fingerprint density at radius 2 is 1.55 bits per heavy atom. The quantitative estimate of drug-likeness (QED) is 0.680. The lowest BCUT2D eigenvalue weighted by Crippen LogP contribution is -2.50. The van der Waals surface area contributed by atoms with E-state index in [0.29, 0.717) is 37.5 Å². The van der Waals surface area contributed by atoms with Crippen molar-refractivity contribution in [2.24, 2.45) is 0 Å². The third-order valence-electron chi connectivity index (χ3n) is 4.56. The van der Waals surface area contributed by atoms with Gasteiger partial charge >= 0.3 is 0 Å². The molecule has 29 heavy (non-hydrogen) atoms. The first kappa shape index (κ1) is 21.2. The average Bonchev–Trinajstić information content (AvgIpc) is 2.69. The summed E-state index contributed by atoms with van der Waals surface area (Å²) >= 11 is 3.39. The Labute approximate surface area is 176 Å². The van der Waals surface area contributed by atoms with Gasteiger partial charge in [-0.3, -0.25) is 9.59 Å². The van der Waals surface area contributed by atoms with E-state index in [1.807, 2.05) is 13.8 Å². The monoisotopic (exact) mass is 466 g/mol. The maximum absolute atomic E-state index is 13.4. The van der Waals surface area contributed by atoms with Crippen molar-refractivity contribution < 1.29 is 23.1 Å². The summed E-state index contributed by atoms with van der Waals surface area (Å²) in [7, 11) is 0. The molecule has 1 heterocycles. The second kappa shape index (κ2) is 8.90. The molecular formula is C21H21BrF2N2O3. The van der Waals surface area contributed by atoms with E-state index in [1.165, 1.54) is 11.0 Å². The first-order valence-electron chi connectivity index (χ1n) is 9.26. The molecule has 0 atom stereocenters. The molecule has 1 fully saturated rings. The van der Waals surface area contributed by atoms with E-state index >= 15 is 0 Å². The zero-order chi connectivity index (χ0) is 21.1. The number of nitrogens with zero attached hydrogens (tertiary/aromatic N) is 2. The van der Waals surface area contributed by atoms with Crippen molar-refractivity contribution in [2.45, 2.75) is 20.0 Å². The number of halogens is 3. The smallest absolute Gasteiger partial charge is 0.257 e. The lowest BCUT2D eigenvalue weighted by atomic mass is 10.1. The van der Waals surface area contributed by atoms with Gasteiger partial charge in [0.1, 0.15) is 5.75 Å². The highest BCUT2D eigenvalue weighted by Gasteiger charge is 2.27. The molecule has 0 radical (unpaired) electrons. The number of amides is 2. The molecule has 1 aliphatic rings. The lowest BCUT2D eigenvalue weighted by molar-refractivity contribution is 0.0532. The molecule has 1 saturated heterocycles. The van der Waals surface area contributed by atoms with Crippen molar-refractivity contribution in [3.8, 4) is 5.75 Å². The standard InChI is InChI=1S/C21H21BrF2N2O3/c1-13(2)29-19-12-15(22)4-5-16(19)21(28)26-9-7-25(8-10-26)20(27)14-3-6-17(23)18(24)11-14/h3-6,11-13H,7-10H2,1-2H3. The van der Waals surface area contributed by atoms with Crippen molar-refractivity contribution in [3.63, 3.8) is 0 Å². The van der Waals surface area contributed by atoms with Crippen LogP contribution in [-0.2, 0) is 0 Å². The Balaban J connectivity index is 1.68. The molecule has 0 aliphatic carbocycles. The highest BCUT2D eigenvalue weighted by Crippen LogP contribution is 2.26. The molecule has 5 nitrogen and oxygen atoms in total. The van der Waals surface area contributed by atoms with E-state index in [-0.39, 0.29) is 23.5 Å². The fraction of sp³-hybridized carbons (Fsp3) is 0.333. The van der Waals surface area contributed by atoms with Gasteiger partial charge in [0.05, 0.1) is 11.7 Å². The molecule has 0 unspecified atom stereocenters. The van der Waals surface area contributed by atoms with Gasteiger partial charge < -0.3 is 14.5 Å². The van der Waals surface area contributed by atoms with Crippen molar-refractivity contribution in [1.82, 2.24) is 9.80 Å². The normalized spacial score (nSPS) is 14.3. The van der Waals surface area contributed by atoms with Crippen LogP contribution in [0, 0.1) is 11.6 Å². The largest absolute Gasteiger partial charge is 0.490 e. The fourth-order valence-electron chi connectivity index (χ4n) is 3.12. The van der Waals surface area contributed by atoms with E-state index in [9.17, 15) is 18.4 Å². The minimum atomic E-state index is -1.06. The molecule has 2 amide bonds. The van der Waals surface area contributed by atoms with Gasteiger partial charge in [0.25, 0.3) is 11.8 Å². The van der Waals surface area contributed by atoms with E-state index in [1.54, 1.807) is 23.1 Å². The number of benzene rings is 2. The second-order valence-electron chi connectivity index (χ2n) is 7.02. The van der Waals surface area contributed by atoms with Gasteiger partial charge in [-0.2, -0.15) is 0 Å². The SMILES string of the molecule is CC(C)Oc1cc(Br)ccc1C(=O)N1CCN(C(=O)c2ccc(F)c(F)c2)CC1. The lowest BCUT2D eigenvalue weighted by Gasteiger charge is -2.35. The van der Waals surface area contributed by atoms with E-state index in [4.69, 9.17) is 4.74 Å². The van der Waals surface area contributed by atoms with Gasteiger partial charge in [-0.25, -0.2) is 8.78 Å². The van der Waals surface area contributed by atoms with Crippen LogP contribution in [0.15, 0.2) is 40.9 Å². The number of hydrogen-bond acceptors (Lipinski definition) is 3. The Hall–Kier alpha value is -2.48. The van der Waals surface area contributed by atoms with E-state index in [0.717, 1.165) is 16.6 Å². The van der Waals surface area contributed by atoms with Crippen molar-refractivity contribution >= 4 is 27.7 Å². The van der Waals surface area contributed by atoms with Gasteiger partial charge in [-0.05, 0) is 50.2 Å². The molecule has 0 spiro atoms. The summed E-state index contributed by atoms with van der Waals surface area (Å²) in [5, 5.41) is 0. The molecule has 0 N–H and O–H groups in total. The Morgan fingerprint density at radius 3 is 2.14 bits per heavy atom. The van der Waals surface area contributed by atoms with Crippen LogP contribution in [0.1, 0.15) is 34.6 Å². The number of ether oxygens (including phenoxy) is 1. The average molecular weight is 467 g/mol. The molecule has 0 bridgehead atoms. The van der Waals surface area contributed by atoms with Crippen LogP contribution in [0.5, 0.6) is 5.75 Å². The number of rotatable bonds is 4. The summed E-state index contributed by atoms with van der Waals surface area (Å²) in [6.07, 6.45) is -0.0820. The van der Waals surface area contributed by atoms with Gasteiger partial charge in [-0.1, -0.05) is 15.9 Å². The maximum Gasteiger partial charge on any atom is 0.257 e. The van der Waals surface area contributed by atoms with Gasteiger partial charge in [0.2, 0.25) is 0 Å². The summed E-state index contributed by atoms with van der Waals surface area (Å²) in [6, 6.07) is 8.34. The summed E-state index contributed by atoms with van der Waals surface area (Å²) < 4.78 is 33.1. The Kier molecular flexibility index (Phi) is 6.52. The first-order valence-corrected chi connectivity index (χ1v) is 10.1. The van der Waals surface area contributed by atoms with Crippen molar-refractivity contribution in [2.75, 3.05) is 26.2 Å². The summed E-state index contributed by atoms with van der Waals surface area (Å²) in [6.45, 7) is 5.06. The number of piperazine rings is 1. The van der Waals surface area contributed by atoms with Crippen LogP contribution >= 0.6 is 15.9 Å². The molecule has 3 rings (SSSR count). The van der Waals surface area contributed by atoms with Crippen LogP contribution in [0.4, 0.5) is 8.78 Å². The Bertz CT molecular complexity index is 928. The highest BCUT2D eigenvalue weighted by atomic mass is 79.9. The van der Waals surface area contributed by atoms with Gasteiger partial charge in [0, 0.05) is 36.2 Å². The molecule has 8 heteroatoms. The predicted molar refractivity (Wildman–Crippen MR) is 108 cm³/mol.